The Labute approximate surface area is 190 Å². The van der Waals surface area contributed by atoms with E-state index in [1.807, 2.05) is 4.90 Å². The number of nitrogens with zero attached hydrogens (tertiary/aromatic N) is 4. The number of anilines is 1. The summed E-state index contributed by atoms with van der Waals surface area (Å²) in [6, 6.07) is 11.1. The summed E-state index contributed by atoms with van der Waals surface area (Å²) in [7, 11) is -3.67. The summed E-state index contributed by atoms with van der Waals surface area (Å²) in [5.74, 6) is -1.28. The summed E-state index contributed by atoms with van der Waals surface area (Å²) in [6.45, 7) is 1.53. The topological polar surface area (TPSA) is 123 Å². The molecule has 0 atom stereocenters. The third-order valence-electron chi connectivity index (χ3n) is 5.17. The summed E-state index contributed by atoms with van der Waals surface area (Å²) in [4.78, 5) is 37.1. The smallest absolute Gasteiger partial charge is 0.375 e. The van der Waals surface area contributed by atoms with Crippen molar-refractivity contribution in [1.82, 2.24) is 14.9 Å². The van der Waals surface area contributed by atoms with E-state index in [1.54, 1.807) is 41.6 Å². The van der Waals surface area contributed by atoms with Crippen molar-refractivity contribution in [3.63, 3.8) is 0 Å². The van der Waals surface area contributed by atoms with Gasteiger partial charge in [-0.3, -0.25) is 4.79 Å². The van der Waals surface area contributed by atoms with Gasteiger partial charge in [0.2, 0.25) is 11.7 Å². The highest BCUT2D eigenvalue weighted by atomic mass is 32.2. The number of ether oxygens (including phenoxy) is 1. The fourth-order valence-electron chi connectivity index (χ4n) is 3.44. The number of sulfone groups is 1. The van der Waals surface area contributed by atoms with Gasteiger partial charge >= 0.3 is 5.97 Å². The van der Waals surface area contributed by atoms with Crippen LogP contribution in [0.15, 0.2) is 70.4 Å². The molecule has 0 unspecified atom stereocenters. The molecular weight excluding hydrogens is 448 g/mol. The summed E-state index contributed by atoms with van der Waals surface area (Å²) >= 11 is 0. The van der Waals surface area contributed by atoms with Crippen LogP contribution in [-0.4, -0.2) is 67.9 Å². The maximum Gasteiger partial charge on any atom is 0.375 e. The van der Waals surface area contributed by atoms with Crippen LogP contribution < -0.4 is 4.90 Å². The molecule has 172 valence electrons. The highest BCUT2D eigenvalue weighted by molar-refractivity contribution is 7.90. The molecule has 33 heavy (non-hydrogen) atoms. The number of esters is 1. The number of hydrogen-bond donors (Lipinski definition) is 0. The number of rotatable bonds is 7. The van der Waals surface area contributed by atoms with Gasteiger partial charge in [-0.05, 0) is 24.3 Å². The number of piperazine rings is 1. The molecule has 4 rings (SSSR count). The van der Waals surface area contributed by atoms with Crippen molar-refractivity contribution in [3.8, 4) is 0 Å². The predicted octanol–water partition coefficient (Wildman–Crippen LogP) is 1.55. The third-order valence-corrected chi connectivity index (χ3v) is 6.86. The lowest BCUT2D eigenvalue weighted by Crippen LogP contribution is -2.50. The minimum atomic E-state index is -3.67. The van der Waals surface area contributed by atoms with Crippen LogP contribution in [0.25, 0.3) is 0 Å². The van der Waals surface area contributed by atoms with E-state index in [0.29, 0.717) is 32.1 Å². The first-order chi connectivity index (χ1) is 15.9. The lowest BCUT2D eigenvalue weighted by molar-refractivity contribution is -0.134. The number of amides is 1. The standard InChI is InChI=1S/C22H22N4O6S/c27-19(25-10-12-26(13-11-25)22-23-8-4-9-24-22)15-32-21(28)20-17(7-14-31-20)16-33(29,30)18-5-2-1-3-6-18/h1-9,14H,10-13,15-16H2. The summed E-state index contributed by atoms with van der Waals surface area (Å²) in [5.41, 5.74) is 0.174. The van der Waals surface area contributed by atoms with Crippen molar-refractivity contribution in [3.05, 3.63) is 72.4 Å². The molecule has 0 spiro atoms. The van der Waals surface area contributed by atoms with E-state index in [9.17, 15) is 18.0 Å². The van der Waals surface area contributed by atoms with Gasteiger partial charge in [0, 0.05) is 44.1 Å². The average Bonchev–Trinajstić information content (AvgIpc) is 3.31. The first-order valence-electron chi connectivity index (χ1n) is 10.2. The van der Waals surface area contributed by atoms with Crippen LogP contribution in [0.4, 0.5) is 5.95 Å². The number of hydrogen-bond acceptors (Lipinski definition) is 9. The molecule has 10 nitrogen and oxygen atoms in total. The fourth-order valence-corrected chi connectivity index (χ4v) is 4.81. The van der Waals surface area contributed by atoms with Gasteiger partial charge in [-0.25, -0.2) is 23.2 Å². The van der Waals surface area contributed by atoms with E-state index < -0.39 is 28.2 Å². The SMILES string of the molecule is O=C(OCC(=O)N1CCN(c2ncccn2)CC1)c1occc1CS(=O)(=O)c1ccccc1. The quantitative estimate of drug-likeness (QED) is 0.473. The number of furan rings is 1. The molecule has 1 aliphatic rings. The molecule has 0 radical (unpaired) electrons. The van der Waals surface area contributed by atoms with Crippen LogP contribution >= 0.6 is 0 Å². The molecule has 1 amide bonds. The molecule has 1 saturated heterocycles. The second-order valence-electron chi connectivity index (χ2n) is 7.34. The Morgan fingerprint density at radius 2 is 1.67 bits per heavy atom. The van der Waals surface area contributed by atoms with Crippen molar-refractivity contribution in [2.45, 2.75) is 10.6 Å². The molecule has 3 aromatic rings. The highest BCUT2D eigenvalue weighted by Crippen LogP contribution is 2.20. The Morgan fingerprint density at radius 3 is 2.36 bits per heavy atom. The van der Waals surface area contributed by atoms with Gasteiger partial charge in [0.25, 0.3) is 5.91 Å². The predicted molar refractivity (Wildman–Crippen MR) is 117 cm³/mol. The van der Waals surface area contributed by atoms with E-state index in [1.165, 1.54) is 24.5 Å². The molecule has 0 aliphatic carbocycles. The van der Waals surface area contributed by atoms with Gasteiger partial charge in [-0.1, -0.05) is 18.2 Å². The van der Waals surface area contributed by atoms with Crippen molar-refractivity contribution in [2.75, 3.05) is 37.7 Å². The van der Waals surface area contributed by atoms with E-state index in [2.05, 4.69) is 9.97 Å². The van der Waals surface area contributed by atoms with Gasteiger partial charge in [0.15, 0.2) is 16.4 Å². The van der Waals surface area contributed by atoms with Crippen LogP contribution in [0.1, 0.15) is 16.1 Å². The zero-order chi connectivity index (χ0) is 23.3. The Hall–Kier alpha value is -3.73. The van der Waals surface area contributed by atoms with E-state index in [-0.39, 0.29) is 22.1 Å². The minimum absolute atomic E-state index is 0.140. The first-order valence-corrected chi connectivity index (χ1v) is 11.9. The van der Waals surface area contributed by atoms with Crippen molar-refractivity contribution in [2.24, 2.45) is 0 Å². The Balaban J connectivity index is 1.31. The van der Waals surface area contributed by atoms with Crippen LogP contribution in [0.2, 0.25) is 0 Å². The molecule has 11 heteroatoms. The average molecular weight is 471 g/mol. The van der Waals surface area contributed by atoms with Gasteiger partial charge in [-0.15, -0.1) is 0 Å². The second-order valence-corrected chi connectivity index (χ2v) is 9.33. The van der Waals surface area contributed by atoms with Crippen LogP contribution in [0.5, 0.6) is 0 Å². The highest BCUT2D eigenvalue weighted by Gasteiger charge is 2.26. The van der Waals surface area contributed by atoms with Crippen molar-refractivity contribution < 1.29 is 27.2 Å². The number of carbonyl (C=O) groups excluding carboxylic acids is 2. The zero-order valence-electron chi connectivity index (χ0n) is 17.7. The maximum absolute atomic E-state index is 12.6. The molecule has 0 saturated carbocycles. The maximum atomic E-state index is 12.6. The minimum Gasteiger partial charge on any atom is -0.457 e. The number of benzene rings is 1. The lowest BCUT2D eigenvalue weighted by Gasteiger charge is -2.34. The fraction of sp³-hybridized carbons (Fsp3) is 0.273. The molecule has 2 aromatic heterocycles. The molecule has 3 heterocycles. The monoisotopic (exact) mass is 470 g/mol. The summed E-state index contributed by atoms with van der Waals surface area (Å²) in [6.07, 6.45) is 4.54. The largest absolute Gasteiger partial charge is 0.457 e. The summed E-state index contributed by atoms with van der Waals surface area (Å²) < 4.78 is 35.5. The van der Waals surface area contributed by atoms with Crippen LogP contribution in [0, 0.1) is 0 Å². The zero-order valence-corrected chi connectivity index (χ0v) is 18.5. The number of aromatic nitrogens is 2. The van der Waals surface area contributed by atoms with Gasteiger partial charge in [0.1, 0.15) is 0 Å². The van der Waals surface area contributed by atoms with E-state index in [4.69, 9.17) is 9.15 Å². The molecule has 0 N–H and O–H groups in total. The van der Waals surface area contributed by atoms with Gasteiger partial charge < -0.3 is 19.0 Å². The van der Waals surface area contributed by atoms with Gasteiger partial charge in [-0.2, -0.15) is 0 Å². The molecule has 1 aliphatic heterocycles. The van der Waals surface area contributed by atoms with E-state index in [0.717, 1.165) is 0 Å². The molecular formula is C22H22N4O6S. The lowest BCUT2D eigenvalue weighted by atomic mass is 10.3. The van der Waals surface area contributed by atoms with Crippen LogP contribution in [-0.2, 0) is 25.1 Å². The molecule has 1 aromatic carbocycles. The normalized spacial score (nSPS) is 14.2. The summed E-state index contributed by atoms with van der Waals surface area (Å²) in [5, 5.41) is 0. The first kappa shape index (κ1) is 22.5. The second kappa shape index (κ2) is 9.82. The van der Waals surface area contributed by atoms with Crippen LogP contribution in [0.3, 0.4) is 0 Å². The Morgan fingerprint density at radius 1 is 0.970 bits per heavy atom. The Bertz CT molecular complexity index is 1210. The Kier molecular flexibility index (Phi) is 6.68. The van der Waals surface area contributed by atoms with E-state index >= 15 is 0 Å². The van der Waals surface area contributed by atoms with Crippen molar-refractivity contribution >= 4 is 27.7 Å². The number of carbonyl (C=O) groups is 2. The van der Waals surface area contributed by atoms with Gasteiger partial charge in [0.05, 0.1) is 16.9 Å². The molecule has 0 bridgehead atoms. The third kappa shape index (κ3) is 5.37. The van der Waals surface area contributed by atoms with Crippen molar-refractivity contribution in [1.29, 1.82) is 0 Å². The molecule has 1 fully saturated rings.